The molecule has 17 heavy (non-hydrogen) atoms. The molecular weight excluding hydrogens is 212 g/mol. The first-order valence-corrected chi connectivity index (χ1v) is 5.99. The molecule has 0 spiro atoms. The predicted octanol–water partition coefficient (Wildman–Crippen LogP) is 2.03. The quantitative estimate of drug-likeness (QED) is 0.874. The van der Waals surface area contributed by atoms with Crippen molar-refractivity contribution in [1.29, 1.82) is 0 Å². The van der Waals surface area contributed by atoms with Crippen LogP contribution in [0.3, 0.4) is 0 Å². The highest BCUT2D eigenvalue weighted by Gasteiger charge is 2.06. The van der Waals surface area contributed by atoms with Crippen molar-refractivity contribution in [1.82, 2.24) is 14.8 Å². The van der Waals surface area contributed by atoms with Gasteiger partial charge in [0.05, 0.1) is 12.2 Å². The molecule has 0 saturated heterocycles. The van der Waals surface area contributed by atoms with E-state index >= 15 is 0 Å². The van der Waals surface area contributed by atoms with Crippen molar-refractivity contribution >= 4 is 5.82 Å². The third-order valence-electron chi connectivity index (χ3n) is 2.82. The van der Waals surface area contributed by atoms with E-state index in [1.807, 2.05) is 16.8 Å². The Morgan fingerprint density at radius 2 is 2.06 bits per heavy atom. The third-order valence-corrected chi connectivity index (χ3v) is 2.82. The van der Waals surface area contributed by atoms with Gasteiger partial charge in [-0.05, 0) is 36.6 Å². The minimum Gasteiger partial charge on any atom is -0.384 e. The Labute approximate surface area is 101 Å². The molecule has 0 fully saturated rings. The second-order valence-corrected chi connectivity index (χ2v) is 4.08. The van der Waals surface area contributed by atoms with Crippen LogP contribution in [0, 0.1) is 0 Å². The molecule has 2 heterocycles. The molecule has 0 aliphatic rings. The maximum atomic E-state index is 5.67. The number of aryl methyl sites for hydroxylation is 2. The first-order chi connectivity index (χ1) is 8.22. The highest BCUT2D eigenvalue weighted by atomic mass is 15.3. The number of nitrogens with two attached hydrogens (primary N) is 1. The molecule has 2 rings (SSSR count). The van der Waals surface area contributed by atoms with Gasteiger partial charge in [-0.3, -0.25) is 4.68 Å². The number of anilines is 1. The molecule has 0 unspecified atom stereocenters. The van der Waals surface area contributed by atoms with Crippen molar-refractivity contribution in [2.24, 2.45) is 0 Å². The highest BCUT2D eigenvalue weighted by molar-refractivity contribution is 5.32. The van der Waals surface area contributed by atoms with Crippen LogP contribution in [0.2, 0.25) is 0 Å². The fraction of sp³-hybridized carbons (Fsp3) is 0.385. The zero-order valence-corrected chi connectivity index (χ0v) is 10.3. The fourth-order valence-corrected chi connectivity index (χ4v) is 1.87. The van der Waals surface area contributed by atoms with Crippen LogP contribution < -0.4 is 5.73 Å². The summed E-state index contributed by atoms with van der Waals surface area (Å²) in [5.41, 5.74) is 9.21. The zero-order valence-electron chi connectivity index (χ0n) is 10.3. The van der Waals surface area contributed by atoms with Gasteiger partial charge in [0.25, 0.3) is 0 Å². The lowest BCUT2D eigenvalue weighted by Gasteiger charge is -2.06. The molecule has 0 saturated carbocycles. The Morgan fingerprint density at radius 1 is 1.24 bits per heavy atom. The monoisotopic (exact) mass is 230 g/mol. The summed E-state index contributed by atoms with van der Waals surface area (Å²) in [6.07, 6.45) is 3.70. The third kappa shape index (κ3) is 2.64. The molecule has 0 aliphatic heterocycles. The average molecular weight is 230 g/mol. The molecule has 0 amide bonds. The largest absolute Gasteiger partial charge is 0.384 e. The summed E-state index contributed by atoms with van der Waals surface area (Å²) >= 11 is 0. The molecular formula is C13H18N4. The summed E-state index contributed by atoms with van der Waals surface area (Å²) in [7, 11) is 0. The van der Waals surface area contributed by atoms with Crippen molar-refractivity contribution in [3.05, 3.63) is 41.3 Å². The number of pyridine rings is 1. The Balaban J connectivity index is 2.25. The van der Waals surface area contributed by atoms with Crippen molar-refractivity contribution in [2.45, 2.75) is 33.2 Å². The molecule has 0 bridgehead atoms. The second-order valence-electron chi connectivity index (χ2n) is 4.08. The van der Waals surface area contributed by atoms with Gasteiger partial charge in [0, 0.05) is 11.9 Å². The number of hydrogen-bond acceptors (Lipinski definition) is 3. The summed E-state index contributed by atoms with van der Waals surface area (Å²) in [5, 5.41) is 4.58. The van der Waals surface area contributed by atoms with Crippen molar-refractivity contribution < 1.29 is 0 Å². The molecule has 0 aliphatic carbocycles. The van der Waals surface area contributed by atoms with Gasteiger partial charge >= 0.3 is 0 Å². The summed E-state index contributed by atoms with van der Waals surface area (Å²) in [4.78, 5) is 3.99. The van der Waals surface area contributed by atoms with Crippen LogP contribution in [0.15, 0.2) is 24.4 Å². The topological polar surface area (TPSA) is 56.7 Å². The van der Waals surface area contributed by atoms with E-state index in [-0.39, 0.29) is 0 Å². The van der Waals surface area contributed by atoms with Crippen LogP contribution >= 0.6 is 0 Å². The number of rotatable bonds is 4. The lowest BCUT2D eigenvalue weighted by molar-refractivity contribution is 0.640. The van der Waals surface area contributed by atoms with Gasteiger partial charge in [-0.2, -0.15) is 5.10 Å². The standard InChI is InChI=1S/C13H18N4/c1-3-11-8-12(4-2)17(16-11)9-10-5-6-15-13(14)7-10/h5-8H,3-4,9H2,1-2H3,(H2,14,15). The molecule has 0 radical (unpaired) electrons. The molecule has 0 aromatic carbocycles. The molecule has 4 nitrogen and oxygen atoms in total. The van der Waals surface area contributed by atoms with Crippen molar-refractivity contribution in [3.8, 4) is 0 Å². The first kappa shape index (κ1) is 11.6. The minimum absolute atomic E-state index is 0.559. The van der Waals surface area contributed by atoms with Crippen molar-refractivity contribution in [2.75, 3.05) is 5.73 Å². The highest BCUT2D eigenvalue weighted by Crippen LogP contribution is 2.10. The Bertz CT molecular complexity index is 502. The van der Waals surface area contributed by atoms with E-state index in [0.717, 1.165) is 30.6 Å². The second kappa shape index (κ2) is 4.99. The number of aromatic nitrogens is 3. The van der Waals surface area contributed by atoms with E-state index in [4.69, 9.17) is 5.73 Å². The Hall–Kier alpha value is -1.84. The number of nitrogen functional groups attached to an aromatic ring is 1. The fourth-order valence-electron chi connectivity index (χ4n) is 1.87. The maximum absolute atomic E-state index is 5.67. The Kier molecular flexibility index (Phi) is 3.42. The molecule has 2 aromatic rings. The van der Waals surface area contributed by atoms with E-state index in [2.05, 4.69) is 30.0 Å². The van der Waals surface area contributed by atoms with E-state index in [1.54, 1.807) is 6.20 Å². The van der Waals surface area contributed by atoms with Gasteiger partial charge in [-0.25, -0.2) is 4.98 Å². The first-order valence-electron chi connectivity index (χ1n) is 5.99. The summed E-state index contributed by atoms with van der Waals surface area (Å²) in [6.45, 7) is 5.03. The van der Waals surface area contributed by atoms with Gasteiger partial charge in [-0.15, -0.1) is 0 Å². The molecule has 2 N–H and O–H groups in total. The van der Waals surface area contributed by atoms with Gasteiger partial charge < -0.3 is 5.73 Å². The van der Waals surface area contributed by atoms with E-state index in [9.17, 15) is 0 Å². The summed E-state index contributed by atoms with van der Waals surface area (Å²) < 4.78 is 2.05. The Morgan fingerprint density at radius 3 is 2.71 bits per heavy atom. The van der Waals surface area contributed by atoms with Gasteiger partial charge in [-0.1, -0.05) is 13.8 Å². The predicted molar refractivity (Wildman–Crippen MR) is 68.7 cm³/mol. The number of nitrogens with zero attached hydrogens (tertiary/aromatic N) is 3. The van der Waals surface area contributed by atoms with Gasteiger partial charge in [0.1, 0.15) is 5.82 Å². The van der Waals surface area contributed by atoms with Crippen LogP contribution in [0.5, 0.6) is 0 Å². The minimum atomic E-state index is 0.559. The average Bonchev–Trinajstić information content (AvgIpc) is 2.71. The maximum Gasteiger partial charge on any atom is 0.123 e. The molecule has 2 aromatic heterocycles. The van der Waals surface area contributed by atoms with Crippen LogP contribution in [0.1, 0.15) is 30.8 Å². The normalized spacial score (nSPS) is 10.7. The number of hydrogen-bond donors (Lipinski definition) is 1. The lowest BCUT2D eigenvalue weighted by atomic mass is 10.2. The van der Waals surface area contributed by atoms with Crippen LogP contribution in [-0.4, -0.2) is 14.8 Å². The van der Waals surface area contributed by atoms with Crippen LogP contribution in [0.25, 0.3) is 0 Å². The summed E-state index contributed by atoms with van der Waals surface area (Å²) in [5.74, 6) is 0.559. The molecule has 90 valence electrons. The van der Waals surface area contributed by atoms with Crippen LogP contribution in [-0.2, 0) is 19.4 Å². The molecule has 0 atom stereocenters. The van der Waals surface area contributed by atoms with E-state index < -0.39 is 0 Å². The zero-order chi connectivity index (χ0) is 12.3. The summed E-state index contributed by atoms with van der Waals surface area (Å²) in [6, 6.07) is 6.04. The molecule has 4 heteroatoms. The smallest absolute Gasteiger partial charge is 0.123 e. The van der Waals surface area contributed by atoms with Crippen molar-refractivity contribution in [3.63, 3.8) is 0 Å². The lowest BCUT2D eigenvalue weighted by Crippen LogP contribution is -2.06. The SMILES string of the molecule is CCc1cc(CC)n(Cc2ccnc(N)c2)n1. The van der Waals surface area contributed by atoms with E-state index in [0.29, 0.717) is 5.82 Å². The van der Waals surface area contributed by atoms with E-state index in [1.165, 1.54) is 5.69 Å². The van der Waals surface area contributed by atoms with Gasteiger partial charge in [0.15, 0.2) is 0 Å². The van der Waals surface area contributed by atoms with Gasteiger partial charge in [0.2, 0.25) is 0 Å². The van der Waals surface area contributed by atoms with Crippen LogP contribution in [0.4, 0.5) is 5.82 Å².